The summed E-state index contributed by atoms with van der Waals surface area (Å²) < 4.78 is 5.35. The second-order valence-electron chi connectivity index (χ2n) is 6.65. The standard InChI is InChI=1S/C18H30N6O.HI/c19-18(20-6-3-7-23-10-12-25-13-11-23)22-15-16-4-5-17(21-14-16)24-8-1-2-9-24;/h4-5,14H,1-3,6-13,15H2,(H3,19,20,22);1H. The van der Waals surface area contributed by atoms with Gasteiger partial charge in [-0.2, -0.15) is 0 Å². The molecule has 8 heteroatoms. The SMILES string of the molecule is I.NC(=NCc1ccc(N2CCCC2)nc1)NCCCN1CCOCC1. The van der Waals surface area contributed by atoms with Crippen LogP contribution in [-0.4, -0.2) is 68.3 Å². The van der Waals surface area contributed by atoms with Crippen LogP contribution in [0, 0.1) is 0 Å². The Morgan fingerprint density at radius 2 is 1.96 bits per heavy atom. The molecule has 2 aliphatic rings. The summed E-state index contributed by atoms with van der Waals surface area (Å²) in [7, 11) is 0. The summed E-state index contributed by atoms with van der Waals surface area (Å²) in [4.78, 5) is 13.7. The van der Waals surface area contributed by atoms with Crippen molar-refractivity contribution in [3.05, 3.63) is 23.9 Å². The molecule has 1 aromatic heterocycles. The first-order valence-electron chi connectivity index (χ1n) is 9.35. The number of pyridine rings is 1. The Bertz CT molecular complexity index is 541. The van der Waals surface area contributed by atoms with Gasteiger partial charge in [-0.3, -0.25) is 4.90 Å². The van der Waals surface area contributed by atoms with E-state index in [9.17, 15) is 0 Å². The molecule has 3 heterocycles. The monoisotopic (exact) mass is 474 g/mol. The van der Waals surface area contributed by atoms with Crippen LogP contribution in [0.5, 0.6) is 0 Å². The molecule has 0 aromatic carbocycles. The molecule has 3 N–H and O–H groups in total. The van der Waals surface area contributed by atoms with Crippen molar-refractivity contribution in [2.24, 2.45) is 10.7 Å². The van der Waals surface area contributed by atoms with E-state index in [1.165, 1.54) is 12.8 Å². The summed E-state index contributed by atoms with van der Waals surface area (Å²) in [5.41, 5.74) is 7.03. The van der Waals surface area contributed by atoms with Gasteiger partial charge in [-0.15, -0.1) is 24.0 Å². The molecular weight excluding hydrogens is 443 g/mol. The van der Waals surface area contributed by atoms with E-state index in [4.69, 9.17) is 10.5 Å². The molecule has 0 unspecified atom stereocenters. The fraction of sp³-hybridized carbons (Fsp3) is 0.667. The first kappa shape index (κ1) is 21.2. The number of aliphatic imine (C=N–C) groups is 1. The minimum absolute atomic E-state index is 0. The van der Waals surface area contributed by atoms with Gasteiger partial charge in [0.2, 0.25) is 0 Å². The molecule has 0 radical (unpaired) electrons. The van der Waals surface area contributed by atoms with E-state index < -0.39 is 0 Å². The maximum absolute atomic E-state index is 5.95. The van der Waals surface area contributed by atoms with E-state index in [2.05, 4.69) is 37.2 Å². The van der Waals surface area contributed by atoms with E-state index in [1.807, 2.05) is 6.20 Å². The molecule has 3 rings (SSSR count). The van der Waals surface area contributed by atoms with Crippen molar-refractivity contribution < 1.29 is 4.74 Å². The zero-order valence-corrected chi connectivity index (χ0v) is 17.7. The summed E-state index contributed by atoms with van der Waals surface area (Å²) in [5, 5.41) is 3.19. The van der Waals surface area contributed by atoms with Gasteiger partial charge in [0, 0.05) is 38.9 Å². The van der Waals surface area contributed by atoms with Gasteiger partial charge in [0.05, 0.1) is 19.8 Å². The Morgan fingerprint density at radius 3 is 2.65 bits per heavy atom. The fourth-order valence-corrected chi connectivity index (χ4v) is 3.22. The van der Waals surface area contributed by atoms with E-state index in [1.54, 1.807) is 0 Å². The van der Waals surface area contributed by atoms with Crippen molar-refractivity contribution in [1.82, 2.24) is 15.2 Å². The van der Waals surface area contributed by atoms with E-state index in [0.717, 1.165) is 70.3 Å². The number of guanidine groups is 1. The average Bonchev–Trinajstić information content (AvgIpc) is 3.20. The number of ether oxygens (including phenoxy) is 1. The molecule has 0 saturated carbocycles. The Labute approximate surface area is 173 Å². The van der Waals surface area contributed by atoms with Crippen LogP contribution < -0.4 is 16.0 Å². The molecule has 0 aliphatic carbocycles. The summed E-state index contributed by atoms with van der Waals surface area (Å²) >= 11 is 0. The van der Waals surface area contributed by atoms with Crippen molar-refractivity contribution in [2.45, 2.75) is 25.8 Å². The van der Waals surface area contributed by atoms with E-state index in [0.29, 0.717) is 12.5 Å². The number of nitrogens with one attached hydrogen (secondary N) is 1. The summed E-state index contributed by atoms with van der Waals surface area (Å²) in [6.45, 7) is 8.48. The van der Waals surface area contributed by atoms with Crippen LogP contribution in [0.1, 0.15) is 24.8 Å². The van der Waals surface area contributed by atoms with Gasteiger partial charge in [0.1, 0.15) is 5.82 Å². The van der Waals surface area contributed by atoms with Crippen LogP contribution in [0.4, 0.5) is 5.82 Å². The maximum atomic E-state index is 5.95. The number of anilines is 1. The third-order valence-corrected chi connectivity index (χ3v) is 4.73. The number of morpholine rings is 1. The molecule has 0 atom stereocenters. The number of rotatable bonds is 7. The summed E-state index contributed by atoms with van der Waals surface area (Å²) in [6, 6.07) is 4.18. The second kappa shape index (κ2) is 11.6. The quantitative estimate of drug-likeness (QED) is 0.270. The molecule has 0 spiro atoms. The largest absolute Gasteiger partial charge is 0.379 e. The topological polar surface area (TPSA) is 79.0 Å². The van der Waals surface area contributed by atoms with Gasteiger partial charge in [0.25, 0.3) is 0 Å². The number of nitrogens with zero attached hydrogens (tertiary/aromatic N) is 4. The van der Waals surface area contributed by atoms with Crippen molar-refractivity contribution in [1.29, 1.82) is 0 Å². The lowest BCUT2D eigenvalue weighted by Gasteiger charge is -2.26. The highest BCUT2D eigenvalue weighted by Crippen LogP contribution is 2.17. The Hall–Kier alpha value is -1.13. The van der Waals surface area contributed by atoms with Gasteiger partial charge in [-0.25, -0.2) is 9.98 Å². The molecule has 1 aromatic rings. The van der Waals surface area contributed by atoms with Crippen LogP contribution in [0.15, 0.2) is 23.3 Å². The third-order valence-electron chi connectivity index (χ3n) is 4.73. The lowest BCUT2D eigenvalue weighted by molar-refractivity contribution is 0.0376. The minimum atomic E-state index is 0. The highest BCUT2D eigenvalue weighted by Gasteiger charge is 2.13. The van der Waals surface area contributed by atoms with Gasteiger partial charge < -0.3 is 20.7 Å². The average molecular weight is 474 g/mol. The summed E-state index contributed by atoms with van der Waals surface area (Å²) in [6.07, 6.45) is 5.49. The number of nitrogens with two attached hydrogens (primary N) is 1. The minimum Gasteiger partial charge on any atom is -0.379 e. The molecule has 2 aliphatic heterocycles. The highest BCUT2D eigenvalue weighted by molar-refractivity contribution is 14.0. The normalized spacial score (nSPS) is 18.6. The smallest absolute Gasteiger partial charge is 0.188 e. The number of hydrogen-bond acceptors (Lipinski definition) is 5. The molecular formula is C18H31IN6O. The molecule has 7 nitrogen and oxygen atoms in total. The van der Waals surface area contributed by atoms with Crippen molar-refractivity contribution >= 4 is 35.8 Å². The van der Waals surface area contributed by atoms with Gasteiger partial charge >= 0.3 is 0 Å². The molecule has 2 fully saturated rings. The highest BCUT2D eigenvalue weighted by atomic mass is 127. The van der Waals surface area contributed by atoms with E-state index in [-0.39, 0.29) is 24.0 Å². The first-order chi connectivity index (χ1) is 12.3. The van der Waals surface area contributed by atoms with Crippen LogP contribution >= 0.6 is 24.0 Å². The Morgan fingerprint density at radius 1 is 1.19 bits per heavy atom. The van der Waals surface area contributed by atoms with Crippen LogP contribution in [0.3, 0.4) is 0 Å². The second-order valence-corrected chi connectivity index (χ2v) is 6.65. The van der Waals surface area contributed by atoms with Crippen LogP contribution in [0.25, 0.3) is 0 Å². The lowest BCUT2D eigenvalue weighted by atomic mass is 10.3. The molecule has 0 bridgehead atoms. The predicted molar refractivity (Wildman–Crippen MR) is 116 cm³/mol. The lowest BCUT2D eigenvalue weighted by Crippen LogP contribution is -2.39. The van der Waals surface area contributed by atoms with Crippen LogP contribution in [0.2, 0.25) is 0 Å². The van der Waals surface area contributed by atoms with Gasteiger partial charge in [0.15, 0.2) is 5.96 Å². The zero-order valence-electron chi connectivity index (χ0n) is 15.4. The van der Waals surface area contributed by atoms with Gasteiger partial charge in [-0.05, 0) is 37.4 Å². The Kier molecular flexibility index (Phi) is 9.41. The number of hydrogen-bond donors (Lipinski definition) is 2. The fourth-order valence-electron chi connectivity index (χ4n) is 3.22. The van der Waals surface area contributed by atoms with Crippen molar-refractivity contribution in [2.75, 3.05) is 57.4 Å². The number of aromatic nitrogens is 1. The van der Waals surface area contributed by atoms with Crippen LogP contribution in [-0.2, 0) is 11.3 Å². The third kappa shape index (κ3) is 6.88. The molecule has 0 amide bonds. The number of halogens is 1. The summed E-state index contributed by atoms with van der Waals surface area (Å²) in [5.74, 6) is 1.57. The van der Waals surface area contributed by atoms with Gasteiger partial charge in [-0.1, -0.05) is 6.07 Å². The van der Waals surface area contributed by atoms with E-state index >= 15 is 0 Å². The molecule has 146 valence electrons. The maximum Gasteiger partial charge on any atom is 0.188 e. The zero-order chi connectivity index (χ0) is 17.3. The van der Waals surface area contributed by atoms with Crippen molar-refractivity contribution in [3.8, 4) is 0 Å². The Balaban J connectivity index is 0.00000243. The first-order valence-corrected chi connectivity index (χ1v) is 9.35. The molecule has 2 saturated heterocycles. The molecule has 26 heavy (non-hydrogen) atoms. The predicted octanol–water partition coefficient (Wildman–Crippen LogP) is 1.43. The van der Waals surface area contributed by atoms with Crippen molar-refractivity contribution in [3.63, 3.8) is 0 Å².